The van der Waals surface area contributed by atoms with Gasteiger partial charge in [-0.25, -0.2) is 0 Å². The van der Waals surface area contributed by atoms with Gasteiger partial charge in [-0.2, -0.15) is 0 Å². The van der Waals surface area contributed by atoms with E-state index < -0.39 is 0 Å². The number of hydrogen-bond donors (Lipinski definition) is 1. The van der Waals surface area contributed by atoms with Crippen LogP contribution in [-0.2, 0) is 12.8 Å². The van der Waals surface area contributed by atoms with Crippen molar-refractivity contribution >= 4 is 0 Å². The Kier molecular flexibility index (Phi) is 4.96. The van der Waals surface area contributed by atoms with E-state index in [4.69, 9.17) is 4.74 Å². The first-order chi connectivity index (χ1) is 9.92. The summed E-state index contributed by atoms with van der Waals surface area (Å²) in [5, 5.41) is 3.62. The summed E-state index contributed by atoms with van der Waals surface area (Å²) in [5.74, 6) is 2.09. The number of nitrogens with one attached hydrogen (secondary N) is 1. The Morgan fingerprint density at radius 1 is 1.10 bits per heavy atom. The van der Waals surface area contributed by atoms with Gasteiger partial charge in [-0.3, -0.25) is 0 Å². The molecule has 1 heterocycles. The van der Waals surface area contributed by atoms with E-state index in [1.807, 2.05) is 0 Å². The minimum atomic E-state index is 0.860. The number of rotatable bonds is 6. The molecular weight excluding hydrogens is 246 g/mol. The molecular formula is C18H27NO. The summed E-state index contributed by atoms with van der Waals surface area (Å²) in [6, 6.07) is 6.68. The first kappa shape index (κ1) is 13.9. The highest BCUT2D eigenvalue weighted by atomic mass is 16.5. The Morgan fingerprint density at radius 2 is 2.00 bits per heavy atom. The maximum atomic E-state index is 5.55. The Bertz CT molecular complexity index is 423. The number of ether oxygens (including phenoxy) is 1. The van der Waals surface area contributed by atoms with Gasteiger partial charge >= 0.3 is 0 Å². The van der Waals surface area contributed by atoms with E-state index in [0.717, 1.165) is 37.7 Å². The molecule has 0 aromatic heterocycles. The molecule has 1 aliphatic carbocycles. The molecule has 0 unspecified atom stereocenters. The molecule has 2 aliphatic rings. The monoisotopic (exact) mass is 273 g/mol. The molecule has 1 saturated carbocycles. The summed E-state index contributed by atoms with van der Waals surface area (Å²) in [5.41, 5.74) is 2.84. The molecule has 0 radical (unpaired) electrons. The predicted octanol–water partition coefficient (Wildman–Crippen LogP) is 3.72. The van der Waals surface area contributed by atoms with Crippen LogP contribution in [0.4, 0.5) is 0 Å². The van der Waals surface area contributed by atoms with Crippen molar-refractivity contribution in [2.75, 3.05) is 19.7 Å². The highest BCUT2D eigenvalue weighted by molar-refractivity contribution is 5.39. The third-order valence-corrected chi connectivity index (χ3v) is 4.80. The topological polar surface area (TPSA) is 21.3 Å². The molecule has 1 aromatic rings. The van der Waals surface area contributed by atoms with Gasteiger partial charge in [-0.05, 0) is 49.0 Å². The van der Waals surface area contributed by atoms with E-state index in [9.17, 15) is 0 Å². The standard InChI is InChI=1S/C18H27NO/c1-2-4-15(5-3-1)8-11-19-12-9-16-6-7-18-17(14-16)10-13-20-18/h6-7,14-15,19H,1-5,8-13H2. The number of fused-ring (bicyclic) bond motifs is 1. The number of hydrogen-bond acceptors (Lipinski definition) is 2. The van der Waals surface area contributed by atoms with Crippen molar-refractivity contribution in [3.8, 4) is 5.75 Å². The minimum absolute atomic E-state index is 0.860. The van der Waals surface area contributed by atoms with E-state index >= 15 is 0 Å². The lowest BCUT2D eigenvalue weighted by Crippen LogP contribution is -2.21. The first-order valence-corrected chi connectivity index (χ1v) is 8.37. The van der Waals surface area contributed by atoms with Crippen molar-refractivity contribution in [2.24, 2.45) is 5.92 Å². The lowest BCUT2D eigenvalue weighted by atomic mass is 9.87. The van der Waals surface area contributed by atoms with Crippen molar-refractivity contribution in [2.45, 2.75) is 51.4 Å². The first-order valence-electron chi connectivity index (χ1n) is 8.37. The number of benzene rings is 1. The molecule has 1 N–H and O–H groups in total. The molecule has 0 spiro atoms. The summed E-state index contributed by atoms with van der Waals surface area (Å²) in [6.07, 6.45) is 10.9. The van der Waals surface area contributed by atoms with Crippen LogP contribution in [0.1, 0.15) is 49.7 Å². The third kappa shape index (κ3) is 3.76. The summed E-state index contributed by atoms with van der Waals surface area (Å²) in [7, 11) is 0. The molecule has 20 heavy (non-hydrogen) atoms. The Balaban J connectivity index is 1.33. The maximum Gasteiger partial charge on any atom is 0.122 e. The van der Waals surface area contributed by atoms with E-state index in [1.165, 1.54) is 56.2 Å². The van der Waals surface area contributed by atoms with Crippen molar-refractivity contribution in [1.29, 1.82) is 0 Å². The molecule has 3 rings (SSSR count). The third-order valence-electron chi connectivity index (χ3n) is 4.80. The predicted molar refractivity (Wildman–Crippen MR) is 83.4 cm³/mol. The SMILES string of the molecule is c1cc2c(cc1CCNCCC1CCCCC1)CCO2. The average molecular weight is 273 g/mol. The second kappa shape index (κ2) is 7.12. The van der Waals surface area contributed by atoms with Crippen molar-refractivity contribution < 1.29 is 4.74 Å². The molecule has 0 saturated heterocycles. The minimum Gasteiger partial charge on any atom is -0.493 e. The molecule has 1 aliphatic heterocycles. The fourth-order valence-electron chi connectivity index (χ4n) is 3.54. The van der Waals surface area contributed by atoms with Crippen LogP contribution in [0.5, 0.6) is 5.75 Å². The molecule has 1 fully saturated rings. The zero-order valence-corrected chi connectivity index (χ0v) is 12.5. The molecule has 0 atom stereocenters. The largest absolute Gasteiger partial charge is 0.493 e. The van der Waals surface area contributed by atoms with Gasteiger partial charge in [0.25, 0.3) is 0 Å². The molecule has 0 amide bonds. The van der Waals surface area contributed by atoms with E-state index in [1.54, 1.807) is 0 Å². The van der Waals surface area contributed by atoms with Gasteiger partial charge < -0.3 is 10.1 Å². The van der Waals surface area contributed by atoms with Crippen LogP contribution in [0.2, 0.25) is 0 Å². The van der Waals surface area contributed by atoms with Crippen LogP contribution in [0.3, 0.4) is 0 Å². The van der Waals surface area contributed by atoms with Gasteiger partial charge in [-0.1, -0.05) is 44.2 Å². The van der Waals surface area contributed by atoms with Gasteiger partial charge in [0, 0.05) is 6.42 Å². The van der Waals surface area contributed by atoms with Crippen LogP contribution >= 0.6 is 0 Å². The molecule has 0 bridgehead atoms. The van der Waals surface area contributed by atoms with Crippen LogP contribution in [0, 0.1) is 5.92 Å². The highest BCUT2D eigenvalue weighted by Gasteiger charge is 2.13. The van der Waals surface area contributed by atoms with Crippen LogP contribution in [-0.4, -0.2) is 19.7 Å². The van der Waals surface area contributed by atoms with Gasteiger partial charge in [0.1, 0.15) is 5.75 Å². The second-order valence-corrected chi connectivity index (χ2v) is 6.33. The van der Waals surface area contributed by atoms with E-state index in [0.29, 0.717) is 0 Å². The molecule has 2 heteroatoms. The zero-order chi connectivity index (χ0) is 13.6. The quantitative estimate of drug-likeness (QED) is 0.798. The van der Waals surface area contributed by atoms with Crippen LogP contribution in [0.25, 0.3) is 0 Å². The molecule has 2 nitrogen and oxygen atoms in total. The lowest BCUT2D eigenvalue weighted by molar-refractivity contribution is 0.334. The fraction of sp³-hybridized carbons (Fsp3) is 0.667. The maximum absolute atomic E-state index is 5.55. The smallest absolute Gasteiger partial charge is 0.122 e. The second-order valence-electron chi connectivity index (χ2n) is 6.33. The summed E-state index contributed by atoms with van der Waals surface area (Å²) in [4.78, 5) is 0. The zero-order valence-electron chi connectivity index (χ0n) is 12.5. The van der Waals surface area contributed by atoms with Crippen molar-refractivity contribution in [3.05, 3.63) is 29.3 Å². The van der Waals surface area contributed by atoms with Gasteiger partial charge in [0.2, 0.25) is 0 Å². The summed E-state index contributed by atoms with van der Waals surface area (Å²) in [6.45, 7) is 3.16. The van der Waals surface area contributed by atoms with Gasteiger partial charge in [0.15, 0.2) is 0 Å². The van der Waals surface area contributed by atoms with Crippen LogP contribution in [0.15, 0.2) is 18.2 Å². The highest BCUT2D eigenvalue weighted by Crippen LogP contribution is 2.26. The van der Waals surface area contributed by atoms with Crippen molar-refractivity contribution in [1.82, 2.24) is 5.32 Å². The van der Waals surface area contributed by atoms with Gasteiger partial charge in [0.05, 0.1) is 6.61 Å². The summed E-state index contributed by atoms with van der Waals surface area (Å²) >= 11 is 0. The lowest BCUT2D eigenvalue weighted by Gasteiger charge is -2.21. The molecule has 1 aromatic carbocycles. The van der Waals surface area contributed by atoms with E-state index in [-0.39, 0.29) is 0 Å². The Labute approximate surface area is 122 Å². The fourth-order valence-corrected chi connectivity index (χ4v) is 3.54. The normalized spacial score (nSPS) is 18.8. The Hall–Kier alpha value is -1.02. The van der Waals surface area contributed by atoms with Crippen LogP contribution < -0.4 is 10.1 Å². The van der Waals surface area contributed by atoms with E-state index in [2.05, 4.69) is 23.5 Å². The van der Waals surface area contributed by atoms with Gasteiger partial charge in [-0.15, -0.1) is 0 Å². The summed E-state index contributed by atoms with van der Waals surface area (Å²) < 4.78 is 5.55. The molecule has 110 valence electrons. The Morgan fingerprint density at radius 3 is 2.90 bits per heavy atom. The van der Waals surface area contributed by atoms with Crippen molar-refractivity contribution in [3.63, 3.8) is 0 Å². The average Bonchev–Trinajstić information content (AvgIpc) is 2.95.